The number of carbonyl (C=O) groups is 1. The van der Waals surface area contributed by atoms with Crippen molar-refractivity contribution in [3.8, 4) is 0 Å². The van der Waals surface area contributed by atoms with Crippen LogP contribution in [0.5, 0.6) is 0 Å². The standard InChI is InChI=1S/C20H11BrCl2N2O2S2/c21-12-4-1-10(2-5-12)17(26)15-16(11-3-6-13(22)14(23)9-11)25(19(28)18(15)27)20-24-7-8-29-20/h1-9,16,26H/t16-/m1/s1. The van der Waals surface area contributed by atoms with Gasteiger partial charge in [0.05, 0.1) is 21.7 Å². The molecule has 0 bridgehead atoms. The monoisotopic (exact) mass is 524 g/mol. The van der Waals surface area contributed by atoms with Crippen molar-refractivity contribution >= 4 is 84.3 Å². The molecule has 0 saturated carbocycles. The highest BCUT2D eigenvalue weighted by molar-refractivity contribution is 9.10. The molecule has 9 heteroatoms. The third-order valence-electron chi connectivity index (χ3n) is 4.45. The Morgan fingerprint density at radius 2 is 1.90 bits per heavy atom. The number of aliphatic hydroxyl groups is 1. The lowest BCUT2D eigenvalue weighted by Crippen LogP contribution is -2.27. The first-order chi connectivity index (χ1) is 13.9. The van der Waals surface area contributed by atoms with Gasteiger partial charge >= 0.3 is 0 Å². The minimum atomic E-state index is -0.681. The molecule has 4 nitrogen and oxygen atoms in total. The molecule has 0 amide bonds. The van der Waals surface area contributed by atoms with Crippen LogP contribution in [0.15, 0.2) is 64.1 Å². The Kier molecular flexibility index (Phi) is 5.77. The SMILES string of the molecule is O=C1C(=S)N(c2nccs2)[C@H](c2ccc(Cl)c(Cl)c2)C1=C(O)c1ccc(Br)cc1. The summed E-state index contributed by atoms with van der Waals surface area (Å²) in [4.78, 5) is 19.2. The Hall–Kier alpha value is -1.77. The summed E-state index contributed by atoms with van der Waals surface area (Å²) in [7, 11) is 0. The normalized spacial score (nSPS) is 18.4. The number of Topliss-reactive ketones (excluding diaryl/α,β-unsaturated/α-hetero) is 1. The molecule has 1 fully saturated rings. The number of ketones is 1. The smallest absolute Gasteiger partial charge is 0.222 e. The molecule has 1 N–H and O–H groups in total. The van der Waals surface area contributed by atoms with Gasteiger partial charge < -0.3 is 5.11 Å². The highest BCUT2D eigenvalue weighted by Gasteiger charge is 2.45. The molecule has 2 heterocycles. The maximum absolute atomic E-state index is 13.1. The summed E-state index contributed by atoms with van der Waals surface area (Å²) in [6.07, 6.45) is 1.63. The van der Waals surface area contributed by atoms with Gasteiger partial charge in [0.1, 0.15) is 5.76 Å². The number of halogens is 3. The number of aliphatic hydroxyl groups excluding tert-OH is 1. The molecule has 0 aliphatic carbocycles. The van der Waals surface area contributed by atoms with E-state index in [4.69, 9.17) is 35.4 Å². The number of hydrogen-bond donors (Lipinski definition) is 1. The molecule has 1 saturated heterocycles. The summed E-state index contributed by atoms with van der Waals surface area (Å²) < 4.78 is 0.859. The van der Waals surface area contributed by atoms with Gasteiger partial charge in [0, 0.05) is 21.6 Å². The van der Waals surface area contributed by atoms with Gasteiger partial charge in [-0.3, -0.25) is 9.69 Å². The van der Waals surface area contributed by atoms with Crippen LogP contribution < -0.4 is 4.90 Å². The molecular formula is C20H11BrCl2N2O2S2. The molecule has 0 spiro atoms. The quantitative estimate of drug-likeness (QED) is 0.236. The van der Waals surface area contributed by atoms with E-state index in [-0.39, 0.29) is 16.3 Å². The average molecular weight is 526 g/mol. The Morgan fingerprint density at radius 3 is 2.52 bits per heavy atom. The molecule has 1 aliphatic rings. The van der Waals surface area contributed by atoms with Crippen molar-refractivity contribution in [3.63, 3.8) is 0 Å². The lowest BCUT2D eigenvalue weighted by Gasteiger charge is -2.24. The van der Waals surface area contributed by atoms with Gasteiger partial charge in [-0.1, -0.05) is 69.5 Å². The minimum absolute atomic E-state index is 0.0645. The first kappa shape index (κ1) is 20.5. The number of carbonyl (C=O) groups excluding carboxylic acids is 1. The summed E-state index contributed by atoms with van der Waals surface area (Å²) in [5.74, 6) is -0.563. The second-order valence-electron chi connectivity index (χ2n) is 6.16. The van der Waals surface area contributed by atoms with Crippen molar-refractivity contribution in [2.75, 3.05) is 4.90 Å². The first-order valence-corrected chi connectivity index (χ1v) is 11.1. The fourth-order valence-electron chi connectivity index (χ4n) is 3.13. The third kappa shape index (κ3) is 3.73. The Bertz CT molecular complexity index is 1150. The van der Waals surface area contributed by atoms with Gasteiger partial charge in [0.25, 0.3) is 0 Å². The predicted octanol–water partition coefficient (Wildman–Crippen LogP) is 6.64. The summed E-state index contributed by atoms with van der Waals surface area (Å²) in [5, 5.41) is 14.1. The number of benzene rings is 2. The molecule has 1 atom stereocenters. The third-order valence-corrected chi connectivity index (χ3v) is 6.87. The fraction of sp³-hybridized carbons (Fsp3) is 0.0500. The Balaban J connectivity index is 1.95. The van der Waals surface area contributed by atoms with Crippen LogP contribution in [0.3, 0.4) is 0 Å². The van der Waals surface area contributed by atoms with E-state index in [0.29, 0.717) is 26.3 Å². The molecule has 1 aliphatic heterocycles. The highest BCUT2D eigenvalue weighted by atomic mass is 79.9. The summed E-state index contributed by atoms with van der Waals surface area (Å²) >= 11 is 22.5. The van der Waals surface area contributed by atoms with Crippen LogP contribution in [0.4, 0.5) is 5.13 Å². The Morgan fingerprint density at radius 1 is 1.17 bits per heavy atom. The molecule has 2 aromatic carbocycles. The minimum Gasteiger partial charge on any atom is -0.507 e. The second-order valence-corrected chi connectivity index (χ2v) is 9.15. The van der Waals surface area contributed by atoms with Crippen molar-refractivity contribution in [1.82, 2.24) is 4.98 Å². The van der Waals surface area contributed by atoms with E-state index in [1.807, 2.05) is 0 Å². The second kappa shape index (κ2) is 8.16. The number of nitrogens with zero attached hydrogens (tertiary/aromatic N) is 2. The van der Waals surface area contributed by atoms with E-state index >= 15 is 0 Å². The van der Waals surface area contributed by atoms with E-state index in [1.54, 1.807) is 58.9 Å². The molecule has 29 heavy (non-hydrogen) atoms. The Labute approximate surface area is 194 Å². The van der Waals surface area contributed by atoms with Crippen molar-refractivity contribution in [2.24, 2.45) is 0 Å². The summed E-state index contributed by atoms with van der Waals surface area (Å²) in [6, 6.07) is 11.4. The molecule has 4 rings (SSSR count). The van der Waals surface area contributed by atoms with E-state index in [9.17, 15) is 9.90 Å². The van der Waals surface area contributed by atoms with Crippen LogP contribution in [0.1, 0.15) is 17.2 Å². The van der Waals surface area contributed by atoms with Crippen molar-refractivity contribution < 1.29 is 9.90 Å². The molecule has 0 radical (unpaired) electrons. The highest BCUT2D eigenvalue weighted by Crippen LogP contribution is 2.44. The van der Waals surface area contributed by atoms with Gasteiger partial charge in [-0.05, 0) is 29.8 Å². The number of rotatable bonds is 3. The van der Waals surface area contributed by atoms with Gasteiger partial charge in [0.2, 0.25) is 5.78 Å². The van der Waals surface area contributed by atoms with E-state index < -0.39 is 11.8 Å². The van der Waals surface area contributed by atoms with Gasteiger partial charge in [-0.15, -0.1) is 11.3 Å². The summed E-state index contributed by atoms with van der Waals surface area (Å²) in [6.45, 7) is 0. The van der Waals surface area contributed by atoms with Crippen LogP contribution in [0.2, 0.25) is 10.0 Å². The van der Waals surface area contributed by atoms with E-state index in [0.717, 1.165) is 4.47 Å². The maximum Gasteiger partial charge on any atom is 0.222 e. The van der Waals surface area contributed by atoms with E-state index in [2.05, 4.69) is 20.9 Å². The number of aromatic nitrogens is 1. The zero-order valence-electron chi connectivity index (χ0n) is 14.5. The molecule has 3 aromatic rings. The van der Waals surface area contributed by atoms with Crippen LogP contribution >= 0.6 is 62.7 Å². The number of thiazole rings is 1. The lowest BCUT2D eigenvalue weighted by atomic mass is 9.95. The van der Waals surface area contributed by atoms with Crippen LogP contribution in [-0.2, 0) is 4.79 Å². The fourth-order valence-corrected chi connectivity index (χ4v) is 4.73. The van der Waals surface area contributed by atoms with Crippen LogP contribution in [-0.4, -0.2) is 20.9 Å². The van der Waals surface area contributed by atoms with Crippen molar-refractivity contribution in [2.45, 2.75) is 6.04 Å². The predicted molar refractivity (Wildman–Crippen MR) is 125 cm³/mol. The first-order valence-electron chi connectivity index (χ1n) is 8.30. The van der Waals surface area contributed by atoms with E-state index in [1.165, 1.54) is 11.3 Å². The zero-order chi connectivity index (χ0) is 20.7. The molecule has 146 valence electrons. The van der Waals surface area contributed by atoms with Crippen LogP contribution in [0.25, 0.3) is 5.76 Å². The zero-order valence-corrected chi connectivity index (χ0v) is 19.2. The van der Waals surface area contributed by atoms with Crippen LogP contribution in [0, 0.1) is 0 Å². The molecule has 1 aromatic heterocycles. The lowest BCUT2D eigenvalue weighted by molar-refractivity contribution is -0.109. The summed E-state index contributed by atoms with van der Waals surface area (Å²) in [5.41, 5.74) is 1.35. The molecule has 0 unspecified atom stereocenters. The maximum atomic E-state index is 13.1. The molecular weight excluding hydrogens is 515 g/mol. The van der Waals surface area contributed by atoms with Crippen molar-refractivity contribution in [3.05, 3.63) is 85.3 Å². The van der Waals surface area contributed by atoms with Gasteiger partial charge in [-0.2, -0.15) is 0 Å². The number of anilines is 1. The number of hydrogen-bond acceptors (Lipinski definition) is 5. The van der Waals surface area contributed by atoms with Gasteiger partial charge in [-0.25, -0.2) is 4.98 Å². The van der Waals surface area contributed by atoms with Gasteiger partial charge in [0.15, 0.2) is 10.1 Å². The largest absolute Gasteiger partial charge is 0.507 e. The van der Waals surface area contributed by atoms with Crippen molar-refractivity contribution in [1.29, 1.82) is 0 Å². The average Bonchev–Trinajstić information content (AvgIpc) is 3.31. The topological polar surface area (TPSA) is 53.4 Å². The number of thiocarbonyl (C=S) groups is 1.